The normalized spacial score (nSPS) is 24.2. The highest BCUT2D eigenvalue weighted by atomic mass is 15.0. The van der Waals surface area contributed by atoms with Crippen LogP contribution in [0.25, 0.3) is 0 Å². The van der Waals surface area contributed by atoms with Crippen molar-refractivity contribution in [1.29, 1.82) is 0 Å². The highest BCUT2D eigenvalue weighted by Crippen LogP contribution is 2.18. The molecule has 0 aromatic heterocycles. The monoisotopic (exact) mass is 218 g/mol. The van der Waals surface area contributed by atoms with Gasteiger partial charge in [0.1, 0.15) is 0 Å². The predicted molar refractivity (Wildman–Crippen MR) is 68.4 cm³/mol. The van der Waals surface area contributed by atoms with Gasteiger partial charge >= 0.3 is 0 Å². The van der Waals surface area contributed by atoms with Gasteiger partial charge in [-0.25, -0.2) is 0 Å². The fourth-order valence-electron chi connectivity index (χ4n) is 2.41. The van der Waals surface area contributed by atoms with Gasteiger partial charge in [0.05, 0.1) is 0 Å². The van der Waals surface area contributed by atoms with E-state index in [1.54, 1.807) is 0 Å². The van der Waals surface area contributed by atoms with E-state index in [9.17, 15) is 0 Å². The molecule has 2 nitrogen and oxygen atoms in total. The summed E-state index contributed by atoms with van der Waals surface area (Å²) in [5.74, 6) is 0. The van der Waals surface area contributed by atoms with Gasteiger partial charge in [-0.3, -0.25) is 0 Å². The zero-order valence-electron chi connectivity index (χ0n) is 10.3. The van der Waals surface area contributed by atoms with Crippen molar-refractivity contribution in [2.45, 2.75) is 44.8 Å². The zero-order chi connectivity index (χ0) is 11.4. The first kappa shape index (κ1) is 11.6. The van der Waals surface area contributed by atoms with Gasteiger partial charge in [-0.2, -0.15) is 0 Å². The summed E-state index contributed by atoms with van der Waals surface area (Å²) in [5.41, 5.74) is 1.66. The van der Waals surface area contributed by atoms with Gasteiger partial charge in [0.25, 0.3) is 0 Å². The van der Waals surface area contributed by atoms with Crippen LogP contribution in [0.5, 0.6) is 0 Å². The average Bonchev–Trinajstić information content (AvgIpc) is 2.27. The maximum atomic E-state index is 3.65. The number of rotatable bonds is 3. The molecule has 0 aliphatic carbocycles. The lowest BCUT2D eigenvalue weighted by molar-refractivity contribution is 0.247. The van der Waals surface area contributed by atoms with Crippen molar-refractivity contribution >= 4 is 0 Å². The number of hydrogen-bond donors (Lipinski definition) is 2. The Hall–Kier alpha value is -0.860. The van der Waals surface area contributed by atoms with Crippen molar-refractivity contribution in [3.05, 3.63) is 35.9 Å². The molecule has 0 spiro atoms. The molecule has 0 saturated carbocycles. The fraction of sp³-hybridized carbons (Fsp3) is 0.571. The molecule has 88 valence electrons. The molecule has 2 rings (SSSR count). The van der Waals surface area contributed by atoms with E-state index in [1.807, 2.05) is 0 Å². The summed E-state index contributed by atoms with van der Waals surface area (Å²) in [4.78, 5) is 0. The maximum absolute atomic E-state index is 3.65. The summed E-state index contributed by atoms with van der Waals surface area (Å²) < 4.78 is 0. The first-order chi connectivity index (χ1) is 7.66. The molecular formula is C14H22N2. The van der Waals surface area contributed by atoms with Gasteiger partial charge in [0, 0.05) is 18.1 Å². The second-order valence-electron chi connectivity index (χ2n) is 5.37. The molecule has 1 aromatic carbocycles. The largest absolute Gasteiger partial charge is 0.312 e. The molecule has 1 heterocycles. The minimum Gasteiger partial charge on any atom is -0.312 e. The standard InChI is InChI=1S/C14H22N2/c1-14(2)10-13(8-9-16-14)15-11-12-6-4-3-5-7-12/h3-7,13,15-16H,8-11H2,1-2H3. The first-order valence-electron chi connectivity index (χ1n) is 6.18. The molecule has 1 aliphatic rings. The zero-order valence-corrected chi connectivity index (χ0v) is 10.3. The highest BCUT2D eigenvalue weighted by Gasteiger charge is 2.26. The lowest BCUT2D eigenvalue weighted by atomic mass is 9.89. The van der Waals surface area contributed by atoms with Crippen LogP contribution in [0.2, 0.25) is 0 Å². The van der Waals surface area contributed by atoms with E-state index in [0.29, 0.717) is 6.04 Å². The second kappa shape index (κ2) is 4.98. The van der Waals surface area contributed by atoms with Gasteiger partial charge in [0.15, 0.2) is 0 Å². The van der Waals surface area contributed by atoms with E-state index >= 15 is 0 Å². The summed E-state index contributed by atoms with van der Waals surface area (Å²) >= 11 is 0. The van der Waals surface area contributed by atoms with Crippen LogP contribution in [0.4, 0.5) is 0 Å². The third kappa shape index (κ3) is 3.32. The summed E-state index contributed by atoms with van der Waals surface area (Å²) in [6, 6.07) is 11.3. The van der Waals surface area contributed by atoms with Crippen LogP contribution < -0.4 is 10.6 Å². The molecule has 2 heteroatoms. The molecule has 1 unspecified atom stereocenters. The van der Waals surface area contributed by atoms with Crippen molar-refractivity contribution in [3.63, 3.8) is 0 Å². The molecule has 1 aromatic rings. The van der Waals surface area contributed by atoms with Crippen LogP contribution in [0.15, 0.2) is 30.3 Å². The summed E-state index contributed by atoms with van der Waals surface area (Å²) in [6.07, 6.45) is 2.44. The molecule has 0 bridgehead atoms. The Morgan fingerprint density at radius 1 is 1.31 bits per heavy atom. The van der Waals surface area contributed by atoms with Crippen molar-refractivity contribution in [1.82, 2.24) is 10.6 Å². The van der Waals surface area contributed by atoms with E-state index in [-0.39, 0.29) is 5.54 Å². The molecule has 1 saturated heterocycles. The van der Waals surface area contributed by atoms with Gasteiger partial charge < -0.3 is 10.6 Å². The molecule has 16 heavy (non-hydrogen) atoms. The van der Waals surface area contributed by atoms with Crippen LogP contribution in [0.1, 0.15) is 32.3 Å². The lowest BCUT2D eigenvalue weighted by Crippen LogP contribution is -2.51. The van der Waals surface area contributed by atoms with Gasteiger partial charge in [-0.05, 0) is 38.8 Å². The van der Waals surface area contributed by atoms with Crippen LogP contribution in [0.3, 0.4) is 0 Å². The van der Waals surface area contributed by atoms with Gasteiger partial charge in [-0.1, -0.05) is 30.3 Å². The van der Waals surface area contributed by atoms with Crippen LogP contribution in [-0.2, 0) is 6.54 Å². The molecule has 2 N–H and O–H groups in total. The Bertz CT molecular complexity index is 319. The molecule has 1 fully saturated rings. The summed E-state index contributed by atoms with van der Waals surface area (Å²) in [5, 5.41) is 7.20. The fourth-order valence-corrected chi connectivity index (χ4v) is 2.41. The quantitative estimate of drug-likeness (QED) is 0.813. The average molecular weight is 218 g/mol. The van der Waals surface area contributed by atoms with Crippen molar-refractivity contribution < 1.29 is 0 Å². The summed E-state index contributed by atoms with van der Waals surface area (Å²) in [7, 11) is 0. The van der Waals surface area contributed by atoms with E-state index in [2.05, 4.69) is 54.8 Å². The van der Waals surface area contributed by atoms with Gasteiger partial charge in [0.2, 0.25) is 0 Å². The number of piperidine rings is 1. The Morgan fingerprint density at radius 3 is 2.75 bits per heavy atom. The first-order valence-corrected chi connectivity index (χ1v) is 6.18. The molecule has 0 amide bonds. The molecular weight excluding hydrogens is 196 g/mol. The number of nitrogens with one attached hydrogen (secondary N) is 2. The molecule has 1 aliphatic heterocycles. The van der Waals surface area contributed by atoms with E-state index < -0.39 is 0 Å². The maximum Gasteiger partial charge on any atom is 0.0208 e. The van der Waals surface area contributed by atoms with E-state index in [0.717, 1.165) is 13.1 Å². The van der Waals surface area contributed by atoms with E-state index in [1.165, 1.54) is 18.4 Å². The number of benzene rings is 1. The highest BCUT2D eigenvalue weighted by molar-refractivity contribution is 5.14. The Morgan fingerprint density at radius 2 is 2.06 bits per heavy atom. The van der Waals surface area contributed by atoms with E-state index in [4.69, 9.17) is 0 Å². The second-order valence-corrected chi connectivity index (χ2v) is 5.37. The van der Waals surface area contributed by atoms with Crippen molar-refractivity contribution in [2.24, 2.45) is 0 Å². The Balaban J connectivity index is 1.82. The minimum absolute atomic E-state index is 0.284. The Kier molecular flexibility index (Phi) is 3.62. The third-order valence-electron chi connectivity index (χ3n) is 3.29. The van der Waals surface area contributed by atoms with Crippen molar-refractivity contribution in [3.8, 4) is 0 Å². The predicted octanol–water partition coefficient (Wildman–Crippen LogP) is 2.31. The molecule has 1 atom stereocenters. The van der Waals surface area contributed by atoms with Crippen LogP contribution >= 0.6 is 0 Å². The van der Waals surface area contributed by atoms with Crippen LogP contribution in [-0.4, -0.2) is 18.1 Å². The third-order valence-corrected chi connectivity index (χ3v) is 3.29. The minimum atomic E-state index is 0.284. The smallest absolute Gasteiger partial charge is 0.0208 e. The van der Waals surface area contributed by atoms with Gasteiger partial charge in [-0.15, -0.1) is 0 Å². The Labute approximate surface area is 98.4 Å². The number of hydrogen-bond acceptors (Lipinski definition) is 2. The lowest BCUT2D eigenvalue weighted by Gasteiger charge is -2.37. The molecule has 0 radical (unpaired) electrons. The summed E-state index contributed by atoms with van der Waals surface area (Å²) in [6.45, 7) is 6.67. The topological polar surface area (TPSA) is 24.1 Å². The van der Waals surface area contributed by atoms with Crippen LogP contribution in [0, 0.1) is 0 Å². The SMILES string of the molecule is CC1(C)CC(NCc2ccccc2)CCN1. The van der Waals surface area contributed by atoms with Crippen molar-refractivity contribution in [2.75, 3.05) is 6.54 Å².